The number of hydrogen-bond donors (Lipinski definition) is 2. The van der Waals surface area contributed by atoms with Crippen LogP contribution in [0.3, 0.4) is 0 Å². The summed E-state index contributed by atoms with van der Waals surface area (Å²) >= 11 is 0. The van der Waals surface area contributed by atoms with E-state index in [-0.39, 0.29) is 18.1 Å². The van der Waals surface area contributed by atoms with Crippen molar-refractivity contribution in [3.8, 4) is 11.1 Å². The minimum Gasteiger partial charge on any atom is -0.396 e. The van der Waals surface area contributed by atoms with Crippen LogP contribution in [0.4, 0.5) is 0 Å². The second-order valence-corrected chi connectivity index (χ2v) is 11.5. The highest BCUT2D eigenvalue weighted by Crippen LogP contribution is 2.52. The number of aliphatic hydroxyl groups is 2. The zero-order chi connectivity index (χ0) is 25.4. The van der Waals surface area contributed by atoms with Crippen LogP contribution in [0.2, 0.25) is 0 Å². The van der Waals surface area contributed by atoms with Crippen molar-refractivity contribution in [1.82, 2.24) is 19.5 Å². The Labute approximate surface area is 215 Å². The van der Waals surface area contributed by atoms with E-state index >= 15 is 0 Å². The van der Waals surface area contributed by atoms with Gasteiger partial charge in [0, 0.05) is 36.5 Å². The number of hydrogen-bond acceptors (Lipinski definition) is 6. The van der Waals surface area contributed by atoms with Gasteiger partial charge in [0.15, 0.2) is 5.82 Å². The highest BCUT2D eigenvalue weighted by Gasteiger charge is 2.53. The van der Waals surface area contributed by atoms with Gasteiger partial charge in [-0.2, -0.15) is 0 Å². The van der Waals surface area contributed by atoms with Gasteiger partial charge in [-0.1, -0.05) is 31.2 Å². The van der Waals surface area contributed by atoms with Crippen LogP contribution in [0.1, 0.15) is 84.1 Å². The van der Waals surface area contributed by atoms with Crippen molar-refractivity contribution in [2.75, 3.05) is 6.61 Å². The van der Waals surface area contributed by atoms with E-state index < -0.39 is 5.60 Å². The van der Waals surface area contributed by atoms with Gasteiger partial charge in [0.05, 0.1) is 17.1 Å². The molecular weight excluding hydrogens is 464 g/mol. The number of aldehydes is 1. The predicted octanol–water partition coefficient (Wildman–Crippen LogP) is 4.70. The van der Waals surface area contributed by atoms with E-state index in [1.165, 1.54) is 24.0 Å². The molecule has 3 aliphatic rings. The Balaban J connectivity index is 1.26. The van der Waals surface area contributed by atoms with Crippen LogP contribution in [0.25, 0.3) is 22.2 Å². The number of imidazole rings is 1. The fourth-order valence-corrected chi connectivity index (χ4v) is 6.70. The first-order valence-corrected chi connectivity index (χ1v) is 13.2. The summed E-state index contributed by atoms with van der Waals surface area (Å²) in [6.07, 6.45) is 9.64. The monoisotopic (exact) mass is 494 g/mol. The molecule has 0 radical (unpaired) electrons. The minimum atomic E-state index is -1.08. The molecule has 0 amide bonds. The molecule has 3 heterocycles. The van der Waals surface area contributed by atoms with Gasteiger partial charge in [-0.15, -0.1) is 0 Å². The first-order chi connectivity index (χ1) is 17.9. The van der Waals surface area contributed by atoms with Gasteiger partial charge in [-0.3, -0.25) is 4.79 Å². The number of benzene rings is 2. The molecule has 4 aromatic rings. The Morgan fingerprint density at radius 1 is 1.08 bits per heavy atom. The van der Waals surface area contributed by atoms with Crippen LogP contribution >= 0.6 is 0 Å². The van der Waals surface area contributed by atoms with Crippen molar-refractivity contribution < 1.29 is 15.0 Å². The first kappa shape index (κ1) is 22.8. The lowest BCUT2D eigenvalue weighted by Crippen LogP contribution is -2.50. The maximum atomic E-state index is 12.0. The molecule has 0 bridgehead atoms. The van der Waals surface area contributed by atoms with Crippen molar-refractivity contribution in [3.63, 3.8) is 0 Å². The number of carbonyl (C=O) groups excluding carboxylic acids is 1. The average Bonchev–Trinajstić information content (AvgIpc) is 3.58. The van der Waals surface area contributed by atoms with Crippen LogP contribution in [-0.4, -0.2) is 42.6 Å². The molecule has 2 aromatic carbocycles. The molecule has 2 fully saturated rings. The lowest BCUT2D eigenvalue weighted by atomic mass is 9.60. The molecule has 2 aromatic heterocycles. The van der Waals surface area contributed by atoms with Crippen molar-refractivity contribution in [3.05, 3.63) is 77.1 Å². The third kappa shape index (κ3) is 3.55. The zero-order valence-corrected chi connectivity index (χ0v) is 20.9. The number of rotatable bonds is 6. The van der Waals surface area contributed by atoms with Crippen molar-refractivity contribution in [2.45, 2.75) is 63.0 Å². The molecule has 2 saturated carbocycles. The van der Waals surface area contributed by atoms with Crippen LogP contribution in [-0.2, 0) is 12.0 Å². The Hall–Kier alpha value is -3.42. The molecule has 1 atom stereocenters. The highest BCUT2D eigenvalue weighted by molar-refractivity contribution is 5.84. The normalized spacial score (nSPS) is 26.7. The summed E-state index contributed by atoms with van der Waals surface area (Å²) in [7, 11) is 0. The Bertz CT molecular complexity index is 1530. The number of aromatic nitrogens is 4. The molecular formula is C30H30N4O3. The van der Waals surface area contributed by atoms with Gasteiger partial charge in [0.25, 0.3) is 0 Å². The number of fused-ring (bicyclic) bond motifs is 3. The molecule has 0 saturated heterocycles. The maximum absolute atomic E-state index is 12.0. The molecule has 0 unspecified atom stereocenters. The summed E-state index contributed by atoms with van der Waals surface area (Å²) in [5.74, 6) is 2.03. The van der Waals surface area contributed by atoms with E-state index in [1.807, 2.05) is 31.2 Å². The quantitative estimate of drug-likeness (QED) is 0.377. The van der Waals surface area contributed by atoms with Gasteiger partial charge in [-0.25, -0.2) is 15.0 Å². The Morgan fingerprint density at radius 3 is 2.57 bits per heavy atom. The first-order valence-electron chi connectivity index (χ1n) is 13.2. The van der Waals surface area contributed by atoms with Crippen molar-refractivity contribution in [2.24, 2.45) is 5.41 Å². The summed E-state index contributed by atoms with van der Waals surface area (Å²) in [5.41, 5.74) is 5.77. The topological polar surface area (TPSA) is 101 Å². The molecule has 2 N–H and O–H groups in total. The number of aryl methyl sites for hydroxylation is 1. The summed E-state index contributed by atoms with van der Waals surface area (Å²) < 4.78 is 2.33. The molecule has 1 aliphatic heterocycles. The molecule has 7 rings (SSSR count). The maximum Gasteiger partial charge on any atom is 0.160 e. The number of nitrogens with zero attached hydrogens (tertiary/aromatic N) is 4. The molecule has 37 heavy (non-hydrogen) atoms. The fraction of sp³-hybridized carbons (Fsp3) is 0.400. The Kier molecular flexibility index (Phi) is 4.94. The Morgan fingerprint density at radius 2 is 1.86 bits per heavy atom. The molecule has 188 valence electrons. The average molecular weight is 495 g/mol. The van der Waals surface area contributed by atoms with Gasteiger partial charge in [0.2, 0.25) is 0 Å². The minimum absolute atomic E-state index is 0.0452. The molecule has 0 spiro atoms. The van der Waals surface area contributed by atoms with Gasteiger partial charge >= 0.3 is 0 Å². The molecule has 2 aliphatic carbocycles. The predicted molar refractivity (Wildman–Crippen MR) is 139 cm³/mol. The second kappa shape index (κ2) is 8.04. The molecule has 7 nitrogen and oxygen atoms in total. The summed E-state index contributed by atoms with van der Waals surface area (Å²) in [4.78, 5) is 26.0. The van der Waals surface area contributed by atoms with E-state index in [9.17, 15) is 15.0 Å². The third-order valence-electron chi connectivity index (χ3n) is 8.59. The van der Waals surface area contributed by atoms with E-state index in [4.69, 9.17) is 4.98 Å². The van der Waals surface area contributed by atoms with Crippen molar-refractivity contribution in [1.29, 1.82) is 0 Å². The largest absolute Gasteiger partial charge is 0.396 e. The van der Waals surface area contributed by atoms with Gasteiger partial charge in [0.1, 0.15) is 17.7 Å². The zero-order valence-electron chi connectivity index (χ0n) is 20.9. The van der Waals surface area contributed by atoms with E-state index in [1.54, 1.807) is 12.4 Å². The van der Waals surface area contributed by atoms with E-state index in [0.717, 1.165) is 52.7 Å². The number of aliphatic hydroxyl groups excluding tert-OH is 1. The van der Waals surface area contributed by atoms with Crippen LogP contribution in [0.5, 0.6) is 0 Å². The van der Waals surface area contributed by atoms with Crippen LogP contribution in [0.15, 0.2) is 48.8 Å². The van der Waals surface area contributed by atoms with E-state index in [2.05, 4.69) is 26.7 Å². The smallest absolute Gasteiger partial charge is 0.160 e. The summed E-state index contributed by atoms with van der Waals surface area (Å²) in [6, 6.07) is 12.5. The second-order valence-electron chi connectivity index (χ2n) is 11.5. The lowest BCUT2D eigenvalue weighted by Gasteiger charge is -2.49. The van der Waals surface area contributed by atoms with Crippen molar-refractivity contribution >= 4 is 17.3 Å². The van der Waals surface area contributed by atoms with Gasteiger partial charge in [-0.05, 0) is 72.3 Å². The van der Waals surface area contributed by atoms with E-state index in [0.29, 0.717) is 24.6 Å². The lowest BCUT2D eigenvalue weighted by molar-refractivity contribution is -0.149. The highest BCUT2D eigenvalue weighted by atomic mass is 16.3. The SMILES string of the molecule is CC1(CO)CC(O)(c2ncc(-c3ccc4nc5n(c4c3)[C@@H](c3c(C=O)cccc3C3CC3)CC5)cn2)C1. The number of carbonyl (C=O) groups is 1. The fourth-order valence-electron chi connectivity index (χ4n) is 6.70. The standard InChI is InChI=1S/C30H30N4O3/c1-29(17-36)15-30(37,16-29)28-31-12-21(13-32-28)19-7-8-23-25(11-19)34-24(9-10-26(34)33-23)27-20(14-35)3-2-4-22(27)18-5-6-18/h2-4,7-8,11-14,18,24,36-37H,5-6,9-10,15-17H2,1H3/t24-,29?,30?/m1/s1. The molecule has 7 heteroatoms. The summed E-state index contributed by atoms with van der Waals surface area (Å²) in [5, 5.41) is 20.4. The summed E-state index contributed by atoms with van der Waals surface area (Å²) in [6.45, 7) is 2.01. The third-order valence-corrected chi connectivity index (χ3v) is 8.59. The van der Waals surface area contributed by atoms with Gasteiger partial charge < -0.3 is 14.8 Å². The van der Waals surface area contributed by atoms with Crippen LogP contribution < -0.4 is 0 Å². The van der Waals surface area contributed by atoms with Crippen LogP contribution in [0, 0.1) is 5.41 Å².